The van der Waals surface area contributed by atoms with Crippen molar-refractivity contribution in [2.24, 2.45) is 5.73 Å². The molecule has 7 heteroatoms. The molecule has 7 nitrogen and oxygen atoms in total. The lowest BCUT2D eigenvalue weighted by atomic mass is 10.2. The first kappa shape index (κ1) is 12.0. The largest absolute Gasteiger partial charge is 0.370 e. The molecule has 1 heterocycles. The minimum Gasteiger partial charge on any atom is -0.370 e. The third kappa shape index (κ3) is 4.99. The van der Waals surface area contributed by atoms with E-state index in [1.54, 1.807) is 12.5 Å². The summed E-state index contributed by atoms with van der Waals surface area (Å²) in [6.45, 7) is 0.636. The Morgan fingerprint density at radius 2 is 2.38 bits per heavy atom. The number of aromatic amines is 1. The van der Waals surface area contributed by atoms with Crippen LogP contribution < -0.4 is 16.4 Å². The van der Waals surface area contributed by atoms with Gasteiger partial charge < -0.3 is 21.4 Å². The Labute approximate surface area is 93.3 Å². The van der Waals surface area contributed by atoms with Crippen LogP contribution in [0.25, 0.3) is 0 Å². The lowest BCUT2D eigenvalue weighted by Crippen LogP contribution is -2.40. The number of nitrogens with zero attached hydrogens (tertiary/aromatic N) is 1. The molecule has 0 unspecified atom stereocenters. The molecular formula is C9H16N6O. The van der Waals surface area contributed by atoms with Crippen LogP contribution in [0.1, 0.15) is 12.1 Å². The normalized spacial score (nSPS) is 9.75. The second kappa shape index (κ2) is 6.44. The number of rotatable bonds is 6. The van der Waals surface area contributed by atoms with E-state index in [0.29, 0.717) is 6.54 Å². The van der Waals surface area contributed by atoms with Crippen molar-refractivity contribution in [3.8, 4) is 0 Å². The van der Waals surface area contributed by atoms with Gasteiger partial charge >= 0.3 is 0 Å². The minimum absolute atomic E-state index is 0.0411. The molecule has 6 N–H and O–H groups in total. The highest BCUT2D eigenvalue weighted by atomic mass is 16.1. The van der Waals surface area contributed by atoms with Crippen LogP contribution >= 0.6 is 0 Å². The van der Waals surface area contributed by atoms with Crippen LogP contribution in [-0.4, -0.2) is 34.9 Å². The number of hydrogen-bond acceptors (Lipinski definition) is 3. The van der Waals surface area contributed by atoms with E-state index in [0.717, 1.165) is 18.5 Å². The minimum atomic E-state index is -0.201. The molecule has 0 saturated carbocycles. The summed E-state index contributed by atoms with van der Waals surface area (Å²) >= 11 is 0. The Morgan fingerprint density at radius 1 is 1.56 bits per heavy atom. The van der Waals surface area contributed by atoms with Crippen LogP contribution in [0.3, 0.4) is 0 Å². The van der Waals surface area contributed by atoms with E-state index in [2.05, 4.69) is 20.6 Å². The molecule has 0 aliphatic heterocycles. The molecule has 0 aromatic carbocycles. The zero-order chi connectivity index (χ0) is 11.8. The highest BCUT2D eigenvalue weighted by molar-refractivity contribution is 5.83. The second-order valence-corrected chi connectivity index (χ2v) is 3.30. The maximum atomic E-state index is 11.2. The molecular weight excluding hydrogens is 208 g/mol. The number of amides is 1. The van der Waals surface area contributed by atoms with E-state index in [1.165, 1.54) is 0 Å². The zero-order valence-corrected chi connectivity index (χ0v) is 8.92. The fourth-order valence-corrected chi connectivity index (χ4v) is 1.17. The third-order valence-corrected chi connectivity index (χ3v) is 1.94. The molecule has 1 amide bonds. The number of aromatic nitrogens is 2. The van der Waals surface area contributed by atoms with Gasteiger partial charge in [0.15, 0.2) is 5.96 Å². The predicted molar refractivity (Wildman–Crippen MR) is 59.8 cm³/mol. The molecule has 1 aromatic heterocycles. The van der Waals surface area contributed by atoms with Crippen LogP contribution in [0.15, 0.2) is 12.5 Å². The van der Waals surface area contributed by atoms with Crippen LogP contribution in [0.4, 0.5) is 0 Å². The van der Waals surface area contributed by atoms with Crippen molar-refractivity contribution < 1.29 is 4.79 Å². The third-order valence-electron chi connectivity index (χ3n) is 1.94. The number of hydrogen-bond donors (Lipinski definition) is 5. The smallest absolute Gasteiger partial charge is 0.239 e. The van der Waals surface area contributed by atoms with Crippen LogP contribution in [-0.2, 0) is 11.2 Å². The lowest BCUT2D eigenvalue weighted by molar-refractivity contribution is -0.120. The summed E-state index contributed by atoms with van der Waals surface area (Å²) in [6.07, 6.45) is 5.08. The van der Waals surface area contributed by atoms with Crippen LogP contribution in [0.5, 0.6) is 0 Å². The number of carbonyl (C=O) groups is 1. The number of nitrogens with one attached hydrogen (secondary N) is 4. The van der Waals surface area contributed by atoms with Gasteiger partial charge in [0.05, 0.1) is 12.9 Å². The highest BCUT2D eigenvalue weighted by Gasteiger charge is 2.00. The van der Waals surface area contributed by atoms with E-state index in [4.69, 9.17) is 11.1 Å². The Bertz CT molecular complexity index is 334. The fraction of sp³-hybridized carbons (Fsp3) is 0.444. The van der Waals surface area contributed by atoms with E-state index in [-0.39, 0.29) is 18.4 Å². The van der Waals surface area contributed by atoms with E-state index >= 15 is 0 Å². The fourth-order valence-electron chi connectivity index (χ4n) is 1.17. The average Bonchev–Trinajstić information content (AvgIpc) is 2.74. The van der Waals surface area contributed by atoms with Crippen LogP contribution in [0.2, 0.25) is 0 Å². The summed E-state index contributed by atoms with van der Waals surface area (Å²) in [6, 6.07) is 0. The van der Waals surface area contributed by atoms with Gasteiger partial charge in [-0.15, -0.1) is 0 Å². The van der Waals surface area contributed by atoms with E-state index in [9.17, 15) is 4.79 Å². The standard InChI is InChI=1S/C9H16N6O/c10-9(11)14-5-8(16)13-3-1-2-7-4-12-6-15-7/h4,6H,1-3,5H2,(H,12,15)(H,13,16)(H4,10,11,14). The molecule has 16 heavy (non-hydrogen) atoms. The van der Waals surface area contributed by atoms with Gasteiger partial charge in [-0.1, -0.05) is 0 Å². The van der Waals surface area contributed by atoms with Gasteiger partial charge in [0.25, 0.3) is 0 Å². The molecule has 0 atom stereocenters. The molecule has 0 fully saturated rings. The Morgan fingerprint density at radius 3 is 3.00 bits per heavy atom. The van der Waals surface area contributed by atoms with Crippen LogP contribution in [0, 0.1) is 5.41 Å². The Balaban J connectivity index is 2.02. The summed E-state index contributed by atoms with van der Waals surface area (Å²) in [4.78, 5) is 18.0. The average molecular weight is 224 g/mol. The summed E-state index contributed by atoms with van der Waals surface area (Å²) in [5.41, 5.74) is 6.09. The molecule has 0 radical (unpaired) electrons. The Kier molecular flexibility index (Phi) is 4.84. The quantitative estimate of drug-likeness (QED) is 0.240. The van der Waals surface area contributed by atoms with Gasteiger partial charge in [0.1, 0.15) is 0 Å². The first-order chi connectivity index (χ1) is 7.68. The van der Waals surface area contributed by atoms with Gasteiger partial charge in [-0.25, -0.2) is 4.98 Å². The van der Waals surface area contributed by atoms with Crippen molar-refractivity contribution in [2.45, 2.75) is 12.8 Å². The van der Waals surface area contributed by atoms with Gasteiger partial charge in [-0.3, -0.25) is 10.2 Å². The van der Waals surface area contributed by atoms with Crippen molar-refractivity contribution in [3.63, 3.8) is 0 Å². The molecule has 0 spiro atoms. The first-order valence-corrected chi connectivity index (χ1v) is 5.00. The number of carbonyl (C=O) groups excluding carboxylic acids is 1. The maximum Gasteiger partial charge on any atom is 0.239 e. The molecule has 1 rings (SSSR count). The number of guanidine groups is 1. The monoisotopic (exact) mass is 224 g/mol. The summed E-state index contributed by atoms with van der Waals surface area (Å²) in [5.74, 6) is -0.368. The van der Waals surface area contributed by atoms with E-state index < -0.39 is 0 Å². The molecule has 1 aromatic rings. The van der Waals surface area contributed by atoms with Gasteiger partial charge in [0, 0.05) is 18.4 Å². The molecule has 0 aliphatic rings. The van der Waals surface area contributed by atoms with E-state index in [1.807, 2.05) is 0 Å². The summed E-state index contributed by atoms with van der Waals surface area (Å²) in [7, 11) is 0. The number of imidazole rings is 1. The molecule has 0 bridgehead atoms. The van der Waals surface area contributed by atoms with Crippen molar-refractivity contribution in [1.82, 2.24) is 20.6 Å². The molecule has 88 valence electrons. The van der Waals surface area contributed by atoms with Crippen molar-refractivity contribution in [1.29, 1.82) is 5.41 Å². The van der Waals surface area contributed by atoms with Gasteiger partial charge in [-0.05, 0) is 12.8 Å². The van der Waals surface area contributed by atoms with Gasteiger partial charge in [-0.2, -0.15) is 0 Å². The number of H-pyrrole nitrogens is 1. The first-order valence-electron chi connectivity index (χ1n) is 5.00. The summed E-state index contributed by atoms with van der Waals surface area (Å²) < 4.78 is 0. The molecule has 0 aliphatic carbocycles. The van der Waals surface area contributed by atoms with Crippen molar-refractivity contribution in [3.05, 3.63) is 18.2 Å². The lowest BCUT2D eigenvalue weighted by Gasteiger charge is -2.05. The van der Waals surface area contributed by atoms with Crippen molar-refractivity contribution >= 4 is 11.9 Å². The van der Waals surface area contributed by atoms with Gasteiger partial charge in [0.2, 0.25) is 5.91 Å². The summed E-state index contributed by atoms with van der Waals surface area (Å²) in [5, 5.41) is 12.0. The molecule has 0 saturated heterocycles. The predicted octanol–water partition coefficient (Wildman–Crippen LogP) is -1.06. The van der Waals surface area contributed by atoms with Crippen molar-refractivity contribution in [2.75, 3.05) is 13.1 Å². The SMILES string of the molecule is N=C(N)NCC(=O)NCCCc1cnc[nH]1. The second-order valence-electron chi connectivity index (χ2n) is 3.30. The number of aryl methyl sites for hydroxylation is 1. The maximum absolute atomic E-state index is 11.2. The topological polar surface area (TPSA) is 120 Å². The Hall–Kier alpha value is -2.05. The highest BCUT2D eigenvalue weighted by Crippen LogP contribution is 1.94. The zero-order valence-electron chi connectivity index (χ0n) is 8.92. The number of nitrogens with two attached hydrogens (primary N) is 1.